The molecule has 0 saturated heterocycles. The van der Waals surface area contributed by atoms with Gasteiger partial charge in [-0.25, -0.2) is 4.79 Å². The second-order valence-corrected chi connectivity index (χ2v) is 7.36. The summed E-state index contributed by atoms with van der Waals surface area (Å²) in [6.45, 7) is 1.16. The number of hydrogen-bond donors (Lipinski definition) is 2. The van der Waals surface area contributed by atoms with Crippen molar-refractivity contribution in [2.75, 3.05) is 6.54 Å². The minimum absolute atomic E-state index is 0.121. The molecular formula is C14H21NO5S2. The smallest absolute Gasteiger partial charge is 0.365 e. The van der Waals surface area contributed by atoms with Crippen LogP contribution in [0.15, 0.2) is 0 Å². The van der Waals surface area contributed by atoms with Crippen molar-refractivity contribution in [1.82, 2.24) is 4.90 Å². The summed E-state index contributed by atoms with van der Waals surface area (Å²) in [5.74, 6) is -1.51. The molecule has 1 aliphatic rings. The van der Waals surface area contributed by atoms with Gasteiger partial charge < -0.3 is 15.1 Å². The maximum atomic E-state index is 12.9. The molecule has 2 N–H and O–H groups in total. The van der Waals surface area contributed by atoms with Crippen LogP contribution in [0, 0.1) is 0 Å². The third-order valence-corrected chi connectivity index (χ3v) is 5.08. The second-order valence-electron chi connectivity index (χ2n) is 5.57. The molecule has 0 aromatic carbocycles. The highest BCUT2D eigenvalue weighted by Gasteiger charge is 2.42. The van der Waals surface area contributed by atoms with Crippen molar-refractivity contribution in [3.05, 3.63) is 0 Å². The van der Waals surface area contributed by atoms with Crippen LogP contribution in [0.3, 0.4) is 0 Å². The average molecular weight is 347 g/mol. The molecule has 1 saturated carbocycles. The molecule has 1 fully saturated rings. The first kappa shape index (κ1) is 18.9. The third kappa shape index (κ3) is 5.24. The first-order chi connectivity index (χ1) is 10.3. The third-order valence-electron chi connectivity index (χ3n) is 3.84. The second kappa shape index (κ2) is 8.47. The van der Waals surface area contributed by atoms with Gasteiger partial charge in [0, 0.05) is 6.04 Å². The number of thiocarbonyl (C=S) groups is 1. The summed E-state index contributed by atoms with van der Waals surface area (Å²) in [5, 5.41) is 18.5. The van der Waals surface area contributed by atoms with Gasteiger partial charge in [0.05, 0.1) is 0 Å². The molecule has 124 valence electrons. The summed E-state index contributed by atoms with van der Waals surface area (Å²) in [6, 6.07) is -0.121. The van der Waals surface area contributed by atoms with Crippen LogP contribution < -0.4 is 0 Å². The van der Waals surface area contributed by atoms with Crippen molar-refractivity contribution >= 4 is 46.5 Å². The van der Waals surface area contributed by atoms with Crippen molar-refractivity contribution in [3.63, 3.8) is 0 Å². The maximum Gasteiger partial charge on any atom is 0.365 e. The monoisotopic (exact) mass is 347 g/mol. The number of carbonyl (C=O) groups excluding carboxylic acids is 1. The van der Waals surface area contributed by atoms with Gasteiger partial charge in [-0.1, -0.05) is 25.1 Å². The summed E-state index contributed by atoms with van der Waals surface area (Å²) >= 11 is 5.29. The van der Waals surface area contributed by atoms with Crippen LogP contribution >= 0.6 is 24.0 Å². The lowest BCUT2D eigenvalue weighted by Gasteiger charge is -2.35. The van der Waals surface area contributed by atoms with Crippen LogP contribution in [-0.2, 0) is 9.59 Å². The van der Waals surface area contributed by atoms with Gasteiger partial charge in [0.15, 0.2) is 0 Å². The van der Waals surface area contributed by atoms with E-state index in [9.17, 15) is 14.4 Å². The van der Waals surface area contributed by atoms with Gasteiger partial charge in [0.2, 0.25) is 5.91 Å². The molecule has 8 heteroatoms. The Bertz CT molecular complexity index is 451. The molecule has 1 amide bonds. The van der Waals surface area contributed by atoms with Crippen molar-refractivity contribution in [2.24, 2.45) is 0 Å². The zero-order valence-corrected chi connectivity index (χ0v) is 14.1. The van der Waals surface area contributed by atoms with Gasteiger partial charge in [0.25, 0.3) is 0 Å². The van der Waals surface area contributed by atoms with E-state index in [0.717, 1.165) is 25.7 Å². The maximum absolute atomic E-state index is 12.9. The number of nitrogens with zero attached hydrogens (tertiary/aromatic N) is 1. The van der Waals surface area contributed by atoms with Crippen molar-refractivity contribution < 1.29 is 24.6 Å². The van der Waals surface area contributed by atoms with Crippen LogP contribution in [-0.4, -0.2) is 55.0 Å². The van der Waals surface area contributed by atoms with Gasteiger partial charge in [-0.05, 0) is 49.7 Å². The van der Waals surface area contributed by atoms with Crippen molar-refractivity contribution in [1.29, 1.82) is 0 Å². The summed E-state index contributed by atoms with van der Waals surface area (Å²) in [7, 11) is 0. The van der Waals surface area contributed by atoms with E-state index in [-0.39, 0.29) is 12.5 Å². The van der Waals surface area contributed by atoms with Crippen molar-refractivity contribution in [3.8, 4) is 0 Å². The van der Waals surface area contributed by atoms with Crippen LogP contribution in [0.2, 0.25) is 0 Å². The Labute approximate surface area is 139 Å². The number of rotatable bonds is 8. The SMILES string of the molecule is CC(CCC=S)(SC(=O)O)C(=O)N(CC(=O)O)C1CCCC1. The number of carboxylic acid groups (broad SMARTS) is 2. The standard InChI is InChI=1S/C14H21NO5S2/c1-14(7-4-8-21,22-13(19)20)12(18)15(9-11(16)17)10-5-2-3-6-10/h8,10H,2-7,9H2,1H3,(H,16,17)(H,19,20). The molecule has 1 rings (SSSR count). The lowest BCUT2D eigenvalue weighted by molar-refractivity contribution is -0.147. The molecule has 1 atom stereocenters. The highest BCUT2D eigenvalue weighted by molar-refractivity contribution is 8.14. The number of carboxylic acids is 1. The molecule has 0 aromatic rings. The first-order valence-corrected chi connectivity index (χ1v) is 8.47. The molecule has 0 heterocycles. The van der Waals surface area contributed by atoms with E-state index in [1.165, 1.54) is 10.3 Å². The quantitative estimate of drug-likeness (QED) is 0.652. The van der Waals surface area contributed by atoms with Gasteiger partial charge in [-0.2, -0.15) is 0 Å². The highest BCUT2D eigenvalue weighted by atomic mass is 32.2. The molecule has 0 aliphatic heterocycles. The number of carbonyl (C=O) groups is 3. The summed E-state index contributed by atoms with van der Waals surface area (Å²) in [4.78, 5) is 36.4. The Morgan fingerprint density at radius 2 is 1.91 bits per heavy atom. The summed E-state index contributed by atoms with van der Waals surface area (Å²) in [5.41, 5.74) is 0. The molecule has 22 heavy (non-hydrogen) atoms. The van der Waals surface area contributed by atoms with E-state index in [4.69, 9.17) is 22.4 Å². The highest BCUT2D eigenvalue weighted by Crippen LogP contribution is 2.35. The normalized spacial score (nSPS) is 17.7. The molecule has 0 spiro atoms. The topological polar surface area (TPSA) is 94.9 Å². The Hall–Kier alpha value is -1.15. The van der Waals surface area contributed by atoms with Crippen LogP contribution in [0.25, 0.3) is 0 Å². The van der Waals surface area contributed by atoms with E-state index < -0.39 is 28.5 Å². The largest absolute Gasteiger partial charge is 0.480 e. The van der Waals surface area contributed by atoms with E-state index in [1.54, 1.807) is 6.92 Å². The predicted octanol–water partition coefficient (Wildman–Crippen LogP) is 2.79. The minimum Gasteiger partial charge on any atom is -0.480 e. The molecule has 6 nitrogen and oxygen atoms in total. The van der Waals surface area contributed by atoms with Gasteiger partial charge in [-0.15, -0.1) is 0 Å². The lowest BCUT2D eigenvalue weighted by atomic mass is 10.0. The van der Waals surface area contributed by atoms with Gasteiger partial charge in [0.1, 0.15) is 11.3 Å². The fourth-order valence-electron chi connectivity index (χ4n) is 2.76. The van der Waals surface area contributed by atoms with E-state index >= 15 is 0 Å². The number of amides is 1. The summed E-state index contributed by atoms with van der Waals surface area (Å²) < 4.78 is -1.21. The van der Waals surface area contributed by atoms with Crippen LogP contribution in [0.5, 0.6) is 0 Å². The predicted molar refractivity (Wildman–Crippen MR) is 88.5 cm³/mol. The zero-order chi connectivity index (χ0) is 16.8. The molecule has 0 bridgehead atoms. The Balaban J connectivity index is 3.00. The van der Waals surface area contributed by atoms with E-state index in [1.807, 2.05) is 0 Å². The number of hydrogen-bond acceptors (Lipinski definition) is 5. The fraction of sp³-hybridized carbons (Fsp3) is 0.714. The molecular weight excluding hydrogens is 326 g/mol. The van der Waals surface area contributed by atoms with Gasteiger partial charge in [-0.3, -0.25) is 9.59 Å². The fourth-order valence-corrected chi connectivity index (χ4v) is 3.69. The Kier molecular flexibility index (Phi) is 7.28. The minimum atomic E-state index is -1.21. The van der Waals surface area contributed by atoms with Gasteiger partial charge >= 0.3 is 11.3 Å². The molecule has 0 aromatic heterocycles. The molecule has 1 aliphatic carbocycles. The Morgan fingerprint density at radius 3 is 2.36 bits per heavy atom. The average Bonchev–Trinajstić information content (AvgIpc) is 2.94. The first-order valence-electron chi connectivity index (χ1n) is 7.18. The van der Waals surface area contributed by atoms with Crippen LogP contribution in [0.1, 0.15) is 45.4 Å². The molecule has 0 radical (unpaired) electrons. The summed E-state index contributed by atoms with van der Waals surface area (Å²) in [6.07, 6.45) is 4.13. The lowest BCUT2D eigenvalue weighted by Crippen LogP contribution is -2.51. The van der Waals surface area contributed by atoms with E-state index in [2.05, 4.69) is 0 Å². The molecule has 1 unspecified atom stereocenters. The Morgan fingerprint density at radius 1 is 1.32 bits per heavy atom. The van der Waals surface area contributed by atoms with Crippen LogP contribution in [0.4, 0.5) is 4.79 Å². The van der Waals surface area contributed by atoms with E-state index in [0.29, 0.717) is 18.2 Å². The van der Waals surface area contributed by atoms with Crippen molar-refractivity contribution in [2.45, 2.75) is 56.2 Å². The number of thioether (sulfide) groups is 1. The number of aliphatic carboxylic acids is 1. The zero-order valence-electron chi connectivity index (χ0n) is 12.5.